The molecule has 0 unspecified atom stereocenters. The Hall–Kier alpha value is -4.04. The van der Waals surface area contributed by atoms with Crippen molar-refractivity contribution in [3.05, 3.63) is 35.9 Å². The average Bonchev–Trinajstić information content (AvgIpc) is 2.85. The van der Waals surface area contributed by atoms with Gasteiger partial charge in [0.25, 0.3) is 0 Å². The highest BCUT2D eigenvalue weighted by Crippen LogP contribution is 2.06. The molecule has 0 aliphatic heterocycles. The lowest BCUT2D eigenvalue weighted by atomic mass is 10.0. The van der Waals surface area contributed by atoms with Crippen LogP contribution in [0.5, 0.6) is 0 Å². The van der Waals surface area contributed by atoms with Crippen LogP contribution in [0, 0.1) is 0 Å². The van der Waals surface area contributed by atoms with Crippen LogP contribution in [0.1, 0.15) is 31.2 Å². The normalized spacial score (nSPS) is 12.9. The Morgan fingerprint density at radius 3 is 2.03 bits per heavy atom. The molecule has 1 aromatic rings. The molecule has 0 heterocycles. The molecule has 0 aliphatic carbocycles. The van der Waals surface area contributed by atoms with Crippen LogP contribution >= 0.6 is 0 Å². The molecular weight excluding hydrogens is 488 g/mol. The Kier molecular flexibility index (Phi) is 13.9. The highest BCUT2D eigenvalue weighted by Gasteiger charge is 2.30. The third-order valence-corrected chi connectivity index (χ3v) is 5.09. The Bertz CT molecular complexity index is 942. The van der Waals surface area contributed by atoms with Gasteiger partial charge in [-0.15, -0.1) is 0 Å². The fourth-order valence-electron chi connectivity index (χ4n) is 3.16. The van der Waals surface area contributed by atoms with Crippen LogP contribution in [0.2, 0.25) is 0 Å². The topological polar surface area (TPSA) is 243 Å². The van der Waals surface area contributed by atoms with Gasteiger partial charge in [0.05, 0.1) is 19.0 Å². The van der Waals surface area contributed by atoms with Gasteiger partial charge in [0, 0.05) is 6.42 Å². The third kappa shape index (κ3) is 13.0. The molecule has 3 atom stereocenters. The molecule has 10 N–H and O–H groups in total. The molecule has 0 radical (unpaired) electrons. The fourth-order valence-corrected chi connectivity index (χ4v) is 3.16. The second-order valence-corrected chi connectivity index (χ2v) is 8.19. The zero-order valence-electron chi connectivity index (χ0n) is 20.3. The maximum atomic E-state index is 12.9. The summed E-state index contributed by atoms with van der Waals surface area (Å²) in [5.41, 5.74) is 11.9. The molecule has 0 saturated carbocycles. The van der Waals surface area contributed by atoms with E-state index in [1.165, 1.54) is 0 Å². The molecule has 0 aliphatic rings. The van der Waals surface area contributed by atoms with Gasteiger partial charge in [0.15, 0.2) is 0 Å². The average molecular weight is 523 g/mol. The number of carboxylic acid groups (broad SMARTS) is 2. The van der Waals surface area contributed by atoms with E-state index in [1.807, 2.05) is 0 Å². The molecule has 14 heteroatoms. The minimum Gasteiger partial charge on any atom is -0.481 e. The molecule has 0 bridgehead atoms. The number of hydrogen-bond donors (Lipinski definition) is 8. The molecule has 1 rings (SSSR count). The van der Waals surface area contributed by atoms with Crippen molar-refractivity contribution in [3.63, 3.8) is 0 Å². The summed E-state index contributed by atoms with van der Waals surface area (Å²) in [6.45, 7) is -0.769. The number of nitrogens with two attached hydrogens (primary N) is 2. The lowest BCUT2D eigenvalue weighted by molar-refractivity contribution is -0.141. The van der Waals surface area contributed by atoms with Crippen molar-refractivity contribution in [1.82, 2.24) is 21.3 Å². The third-order valence-electron chi connectivity index (χ3n) is 5.09. The minimum atomic E-state index is -1.52. The van der Waals surface area contributed by atoms with Gasteiger partial charge >= 0.3 is 11.9 Å². The number of carboxylic acids is 2. The van der Waals surface area contributed by atoms with Gasteiger partial charge in [-0.1, -0.05) is 36.8 Å². The summed E-state index contributed by atoms with van der Waals surface area (Å²) in [6, 6.07) is 4.83. The smallest absolute Gasteiger partial charge is 0.322 e. The van der Waals surface area contributed by atoms with E-state index in [2.05, 4.69) is 21.3 Å². The molecule has 0 aromatic heterocycles. The van der Waals surface area contributed by atoms with Gasteiger partial charge in [-0.2, -0.15) is 0 Å². The zero-order chi connectivity index (χ0) is 27.8. The summed E-state index contributed by atoms with van der Waals surface area (Å²) in [5, 5.41) is 27.0. The first kappa shape index (κ1) is 31.0. The van der Waals surface area contributed by atoms with E-state index >= 15 is 0 Å². The Morgan fingerprint density at radius 1 is 0.784 bits per heavy atom. The number of amides is 4. The molecule has 0 saturated heterocycles. The predicted molar refractivity (Wildman–Crippen MR) is 131 cm³/mol. The highest BCUT2D eigenvalue weighted by molar-refractivity contribution is 5.95. The molecule has 37 heavy (non-hydrogen) atoms. The van der Waals surface area contributed by atoms with Gasteiger partial charge in [-0.3, -0.25) is 28.8 Å². The van der Waals surface area contributed by atoms with Gasteiger partial charge < -0.3 is 42.9 Å². The van der Waals surface area contributed by atoms with Crippen molar-refractivity contribution in [3.8, 4) is 0 Å². The predicted octanol–water partition coefficient (Wildman–Crippen LogP) is -2.55. The van der Waals surface area contributed by atoms with Crippen LogP contribution in [0.15, 0.2) is 30.3 Å². The summed E-state index contributed by atoms with van der Waals surface area (Å²) in [5.74, 6) is -5.83. The largest absolute Gasteiger partial charge is 0.481 e. The van der Waals surface area contributed by atoms with Crippen LogP contribution in [0.4, 0.5) is 0 Å². The van der Waals surface area contributed by atoms with Crippen molar-refractivity contribution in [2.24, 2.45) is 11.5 Å². The first-order valence-corrected chi connectivity index (χ1v) is 11.6. The molecule has 0 spiro atoms. The monoisotopic (exact) mass is 522 g/mol. The standard InChI is InChI=1S/C23H34N6O8/c24-9-5-4-8-15(25)21(35)28-17(11-19(31)32)23(37)29-16(10-14-6-2-1-3-7-14)22(36)27-12-18(30)26-13-20(33)34/h1-3,6-7,15-17H,4-5,8-13,24-25H2,(H,26,30)(H,27,36)(H,28,35)(H,29,37)(H,31,32)(H,33,34)/t15-,16-,17-/m0/s1. The maximum absolute atomic E-state index is 12.9. The maximum Gasteiger partial charge on any atom is 0.322 e. The molecule has 204 valence electrons. The van der Waals surface area contributed by atoms with Gasteiger partial charge in [-0.25, -0.2) is 0 Å². The highest BCUT2D eigenvalue weighted by atomic mass is 16.4. The fraction of sp³-hybridized carbons (Fsp3) is 0.478. The molecule has 0 fully saturated rings. The van der Waals surface area contributed by atoms with Crippen molar-refractivity contribution in [1.29, 1.82) is 0 Å². The van der Waals surface area contributed by atoms with Gasteiger partial charge in [0.2, 0.25) is 23.6 Å². The Morgan fingerprint density at radius 2 is 1.43 bits per heavy atom. The number of rotatable bonds is 17. The van der Waals surface area contributed by atoms with E-state index in [0.717, 1.165) is 0 Å². The quantitative estimate of drug-likeness (QED) is 0.0995. The lowest BCUT2D eigenvalue weighted by Gasteiger charge is -2.23. The first-order valence-electron chi connectivity index (χ1n) is 11.6. The van der Waals surface area contributed by atoms with E-state index < -0.39 is 73.2 Å². The zero-order valence-corrected chi connectivity index (χ0v) is 20.3. The molecule has 14 nitrogen and oxygen atoms in total. The van der Waals surface area contributed by atoms with E-state index in [-0.39, 0.29) is 12.8 Å². The minimum absolute atomic E-state index is 0.0124. The number of carbonyl (C=O) groups excluding carboxylic acids is 4. The van der Waals surface area contributed by atoms with Crippen LogP contribution in [-0.4, -0.2) is 83.5 Å². The number of aliphatic carboxylic acids is 2. The molecule has 4 amide bonds. The lowest BCUT2D eigenvalue weighted by Crippen LogP contribution is -2.57. The summed E-state index contributed by atoms with van der Waals surface area (Å²) >= 11 is 0. The SMILES string of the molecule is NCCCC[C@H](N)C(=O)N[C@@H](CC(=O)O)C(=O)N[C@@H](Cc1ccccc1)C(=O)NCC(=O)NCC(=O)O. The van der Waals surface area contributed by atoms with Crippen molar-refractivity contribution in [2.75, 3.05) is 19.6 Å². The van der Waals surface area contributed by atoms with E-state index in [4.69, 9.17) is 16.6 Å². The number of benzene rings is 1. The molecular formula is C23H34N6O8. The Balaban J connectivity index is 2.94. The number of hydrogen-bond acceptors (Lipinski definition) is 8. The van der Waals surface area contributed by atoms with E-state index in [0.29, 0.717) is 24.9 Å². The van der Waals surface area contributed by atoms with Crippen molar-refractivity contribution >= 4 is 35.6 Å². The number of nitrogens with one attached hydrogen (secondary N) is 4. The van der Waals surface area contributed by atoms with Gasteiger partial charge in [-0.05, 0) is 24.9 Å². The summed E-state index contributed by atoms with van der Waals surface area (Å²) in [7, 11) is 0. The Labute approximate surface area is 213 Å². The first-order chi connectivity index (χ1) is 17.5. The van der Waals surface area contributed by atoms with E-state index in [9.17, 15) is 33.9 Å². The summed E-state index contributed by atoms with van der Waals surface area (Å²) < 4.78 is 0. The van der Waals surface area contributed by atoms with Gasteiger partial charge in [0.1, 0.15) is 18.6 Å². The molecule has 1 aromatic carbocycles. The summed E-state index contributed by atoms with van der Waals surface area (Å²) in [6.07, 6.45) is 0.726. The van der Waals surface area contributed by atoms with Crippen LogP contribution in [-0.2, 0) is 35.2 Å². The second-order valence-electron chi connectivity index (χ2n) is 8.19. The van der Waals surface area contributed by atoms with Crippen LogP contribution < -0.4 is 32.7 Å². The summed E-state index contributed by atoms with van der Waals surface area (Å²) in [4.78, 5) is 71.8. The number of unbranched alkanes of at least 4 members (excludes halogenated alkanes) is 1. The van der Waals surface area contributed by atoms with Crippen LogP contribution in [0.3, 0.4) is 0 Å². The van der Waals surface area contributed by atoms with Crippen molar-refractivity contribution in [2.45, 2.75) is 50.2 Å². The van der Waals surface area contributed by atoms with E-state index in [1.54, 1.807) is 30.3 Å². The second kappa shape index (κ2) is 16.6. The van der Waals surface area contributed by atoms with Crippen LogP contribution in [0.25, 0.3) is 0 Å². The number of carbonyl (C=O) groups is 6. The van der Waals surface area contributed by atoms with Crippen molar-refractivity contribution < 1.29 is 39.0 Å².